The van der Waals surface area contributed by atoms with Crippen molar-refractivity contribution in [2.45, 2.75) is 26.2 Å². The third kappa shape index (κ3) is 5.46. The van der Waals surface area contributed by atoms with Gasteiger partial charge in [-0.1, -0.05) is 42.2 Å². The van der Waals surface area contributed by atoms with Crippen molar-refractivity contribution < 1.29 is 14.4 Å². The van der Waals surface area contributed by atoms with Gasteiger partial charge < -0.3 is 9.80 Å². The number of hydrogen-bond acceptors (Lipinski definition) is 4. The lowest BCUT2D eigenvalue weighted by Gasteiger charge is -2.39. The Morgan fingerprint density at radius 2 is 1.32 bits per heavy atom. The number of likely N-dealkylation sites (tertiary alicyclic amines) is 2. The van der Waals surface area contributed by atoms with Gasteiger partial charge in [-0.3, -0.25) is 19.4 Å². The van der Waals surface area contributed by atoms with E-state index in [0.717, 1.165) is 24.8 Å². The van der Waals surface area contributed by atoms with Crippen LogP contribution in [0.3, 0.4) is 0 Å². The summed E-state index contributed by atoms with van der Waals surface area (Å²) in [5.74, 6) is 6.18. The lowest BCUT2D eigenvalue weighted by atomic mass is 9.77. The number of hydrogen-bond donors (Lipinski definition) is 0. The smallest absolute Gasteiger partial charge is 0.255 e. The highest BCUT2D eigenvalue weighted by Gasteiger charge is 2.43. The molecule has 6 nitrogen and oxygen atoms in total. The molecule has 2 fully saturated rings. The van der Waals surface area contributed by atoms with Gasteiger partial charge in [-0.25, -0.2) is 0 Å². The molecule has 1 spiro atoms. The molecule has 1 aromatic heterocycles. The molecule has 0 atom stereocenters. The molecule has 2 aliphatic heterocycles. The number of carbonyl (C=O) groups is 3. The summed E-state index contributed by atoms with van der Waals surface area (Å²) in [5.41, 5.74) is 3.44. The van der Waals surface area contributed by atoms with Crippen LogP contribution in [0, 0.1) is 17.3 Å². The SMILES string of the molecule is CC(=O)c1ccc(C(=O)N2CCC3(CC2)CCN(C(=O)c2cncc(C#Cc4ccccc4)c2)C3)cc1. The molecule has 0 unspecified atom stereocenters. The average molecular weight is 492 g/mol. The Morgan fingerprint density at radius 3 is 2.00 bits per heavy atom. The maximum Gasteiger partial charge on any atom is 0.255 e. The van der Waals surface area contributed by atoms with Gasteiger partial charge in [0.15, 0.2) is 5.78 Å². The van der Waals surface area contributed by atoms with E-state index in [1.807, 2.05) is 46.2 Å². The van der Waals surface area contributed by atoms with Crippen LogP contribution in [-0.4, -0.2) is 58.6 Å². The first-order chi connectivity index (χ1) is 17.9. The minimum atomic E-state index is -0.0168. The molecule has 3 aromatic rings. The predicted octanol–water partition coefficient (Wildman–Crippen LogP) is 4.45. The van der Waals surface area contributed by atoms with Gasteiger partial charge >= 0.3 is 0 Å². The molecular weight excluding hydrogens is 462 g/mol. The van der Waals surface area contributed by atoms with E-state index in [0.29, 0.717) is 48.4 Å². The van der Waals surface area contributed by atoms with Crippen molar-refractivity contribution >= 4 is 17.6 Å². The van der Waals surface area contributed by atoms with Crippen molar-refractivity contribution in [3.63, 3.8) is 0 Å². The Kier molecular flexibility index (Phi) is 6.87. The van der Waals surface area contributed by atoms with E-state index in [-0.39, 0.29) is 23.0 Å². The summed E-state index contributed by atoms with van der Waals surface area (Å²) in [7, 11) is 0. The van der Waals surface area contributed by atoms with Crippen molar-refractivity contribution in [1.82, 2.24) is 14.8 Å². The first-order valence-electron chi connectivity index (χ1n) is 12.6. The highest BCUT2D eigenvalue weighted by molar-refractivity contribution is 5.98. The fraction of sp³-hybridized carbons (Fsp3) is 0.290. The van der Waals surface area contributed by atoms with Crippen LogP contribution < -0.4 is 0 Å². The van der Waals surface area contributed by atoms with Gasteiger partial charge in [-0.05, 0) is 61.9 Å². The highest BCUT2D eigenvalue weighted by Crippen LogP contribution is 2.41. The van der Waals surface area contributed by atoms with Crippen molar-refractivity contribution in [1.29, 1.82) is 0 Å². The van der Waals surface area contributed by atoms with E-state index in [1.165, 1.54) is 6.92 Å². The van der Waals surface area contributed by atoms with Gasteiger partial charge in [0.2, 0.25) is 0 Å². The Bertz CT molecular complexity index is 1380. The number of benzene rings is 2. The maximum absolute atomic E-state index is 13.3. The van der Waals surface area contributed by atoms with Crippen LogP contribution in [0.4, 0.5) is 0 Å². The zero-order valence-corrected chi connectivity index (χ0v) is 20.9. The number of nitrogens with zero attached hydrogens (tertiary/aromatic N) is 3. The molecule has 0 radical (unpaired) electrons. The van der Waals surface area contributed by atoms with E-state index in [4.69, 9.17) is 0 Å². The zero-order chi connectivity index (χ0) is 25.8. The highest BCUT2D eigenvalue weighted by atomic mass is 16.2. The van der Waals surface area contributed by atoms with Gasteiger partial charge in [-0.15, -0.1) is 0 Å². The monoisotopic (exact) mass is 491 g/mol. The molecule has 5 rings (SSSR count). The van der Waals surface area contributed by atoms with Crippen molar-refractivity contribution in [3.05, 3.63) is 101 Å². The fourth-order valence-electron chi connectivity index (χ4n) is 5.20. The quantitative estimate of drug-likeness (QED) is 0.401. The normalized spacial score (nSPS) is 16.2. The molecule has 0 saturated carbocycles. The fourth-order valence-corrected chi connectivity index (χ4v) is 5.20. The van der Waals surface area contributed by atoms with Crippen molar-refractivity contribution in [2.75, 3.05) is 26.2 Å². The second-order valence-corrected chi connectivity index (χ2v) is 9.98. The van der Waals surface area contributed by atoms with Crippen LogP contribution in [0.2, 0.25) is 0 Å². The van der Waals surface area contributed by atoms with E-state index >= 15 is 0 Å². The van der Waals surface area contributed by atoms with Crippen molar-refractivity contribution in [2.24, 2.45) is 5.41 Å². The number of Topliss-reactive ketones (excluding diaryl/α,β-unsaturated/α-hetero) is 1. The lowest BCUT2D eigenvalue weighted by Crippen LogP contribution is -2.44. The molecule has 2 aromatic carbocycles. The summed E-state index contributed by atoms with van der Waals surface area (Å²) < 4.78 is 0. The summed E-state index contributed by atoms with van der Waals surface area (Å²) in [6.07, 6.45) is 5.97. The Hall–Kier alpha value is -4.24. The number of pyridine rings is 1. The minimum absolute atomic E-state index is 0.00427. The summed E-state index contributed by atoms with van der Waals surface area (Å²) in [5, 5.41) is 0. The number of rotatable bonds is 3. The molecule has 6 heteroatoms. The first kappa shape index (κ1) is 24.5. The Labute approximate surface area is 217 Å². The second-order valence-electron chi connectivity index (χ2n) is 9.98. The summed E-state index contributed by atoms with van der Waals surface area (Å²) in [4.78, 5) is 45.8. The summed E-state index contributed by atoms with van der Waals surface area (Å²) in [6.45, 7) is 4.26. The molecule has 2 aliphatic rings. The van der Waals surface area contributed by atoms with Gasteiger partial charge in [0.25, 0.3) is 11.8 Å². The maximum atomic E-state index is 13.3. The van der Waals surface area contributed by atoms with Crippen LogP contribution in [0.1, 0.15) is 68.4 Å². The number of aromatic nitrogens is 1. The number of piperidine rings is 1. The van der Waals surface area contributed by atoms with Crippen LogP contribution in [0.25, 0.3) is 0 Å². The molecule has 0 bridgehead atoms. The van der Waals surface area contributed by atoms with Crippen LogP contribution in [0.15, 0.2) is 73.1 Å². The third-order valence-corrected chi connectivity index (χ3v) is 7.49. The lowest BCUT2D eigenvalue weighted by molar-refractivity contribution is 0.0565. The molecule has 2 saturated heterocycles. The van der Waals surface area contributed by atoms with Gasteiger partial charge in [0.05, 0.1) is 5.56 Å². The van der Waals surface area contributed by atoms with Gasteiger partial charge in [0.1, 0.15) is 0 Å². The average Bonchev–Trinajstić information content (AvgIpc) is 3.35. The largest absolute Gasteiger partial charge is 0.339 e. The van der Waals surface area contributed by atoms with E-state index < -0.39 is 0 Å². The molecule has 37 heavy (non-hydrogen) atoms. The Balaban J connectivity index is 1.19. The molecule has 0 N–H and O–H groups in total. The number of carbonyl (C=O) groups excluding carboxylic acids is 3. The molecule has 0 aliphatic carbocycles. The zero-order valence-electron chi connectivity index (χ0n) is 20.9. The van der Waals surface area contributed by atoms with E-state index in [1.54, 1.807) is 36.7 Å². The topological polar surface area (TPSA) is 70.6 Å². The molecule has 186 valence electrons. The van der Waals surface area contributed by atoms with Crippen LogP contribution in [0.5, 0.6) is 0 Å². The van der Waals surface area contributed by atoms with Gasteiger partial charge in [0, 0.05) is 60.8 Å². The molecule has 3 heterocycles. The minimum Gasteiger partial charge on any atom is -0.339 e. The third-order valence-electron chi connectivity index (χ3n) is 7.49. The standard InChI is InChI=1S/C31H29N3O3/c1-23(35)26-9-11-27(12-10-26)29(36)33-16-13-31(14-17-33)15-18-34(22-31)30(37)28-19-25(20-32-21-28)8-7-24-5-3-2-4-6-24/h2-6,9-12,19-21H,13-18,22H2,1H3. The van der Waals surface area contributed by atoms with Crippen molar-refractivity contribution in [3.8, 4) is 11.8 Å². The van der Waals surface area contributed by atoms with Gasteiger partial charge in [-0.2, -0.15) is 0 Å². The van der Waals surface area contributed by atoms with Crippen LogP contribution in [-0.2, 0) is 0 Å². The summed E-state index contributed by atoms with van der Waals surface area (Å²) >= 11 is 0. The first-order valence-corrected chi connectivity index (χ1v) is 12.6. The van der Waals surface area contributed by atoms with E-state index in [9.17, 15) is 14.4 Å². The van der Waals surface area contributed by atoms with Crippen LogP contribution >= 0.6 is 0 Å². The Morgan fingerprint density at radius 1 is 0.730 bits per heavy atom. The number of ketones is 1. The molecular formula is C31H29N3O3. The predicted molar refractivity (Wildman–Crippen MR) is 141 cm³/mol. The second kappa shape index (κ2) is 10.4. The summed E-state index contributed by atoms with van der Waals surface area (Å²) in [6, 6.07) is 18.4. The number of amides is 2. The molecule has 2 amide bonds. The van der Waals surface area contributed by atoms with E-state index in [2.05, 4.69) is 16.8 Å².